The minimum Gasteiger partial charge on any atom is -0.456 e. The van der Waals surface area contributed by atoms with Gasteiger partial charge in [0, 0.05) is 30.8 Å². The van der Waals surface area contributed by atoms with Gasteiger partial charge in [0.05, 0.1) is 18.3 Å². The van der Waals surface area contributed by atoms with Crippen molar-refractivity contribution < 1.29 is 24.2 Å². The highest BCUT2D eigenvalue weighted by Crippen LogP contribution is 2.58. The molecule has 0 aromatic carbocycles. The van der Waals surface area contributed by atoms with Gasteiger partial charge in [-0.3, -0.25) is 4.79 Å². The van der Waals surface area contributed by atoms with Crippen LogP contribution in [-0.4, -0.2) is 41.3 Å². The molecule has 1 unspecified atom stereocenters. The number of aliphatic hydroxyl groups is 1. The first-order valence-electron chi connectivity index (χ1n) is 9.82. The third-order valence-corrected chi connectivity index (χ3v) is 7.32. The number of esters is 1. The number of ether oxygens (including phenoxy) is 2. The van der Waals surface area contributed by atoms with Crippen LogP contribution in [0, 0.1) is 23.2 Å². The molecule has 0 bridgehead atoms. The number of hydrogen-bond donors (Lipinski definition) is 1. The normalized spacial score (nSPS) is 45.8. The van der Waals surface area contributed by atoms with E-state index < -0.39 is 18.2 Å². The summed E-state index contributed by atoms with van der Waals surface area (Å²) in [6.07, 6.45) is 2.52. The van der Waals surface area contributed by atoms with E-state index in [0.29, 0.717) is 19.4 Å². The zero-order valence-electron chi connectivity index (χ0n) is 16.6. The molecule has 1 N–H and O–H groups in total. The molecule has 7 atom stereocenters. The van der Waals surface area contributed by atoms with Crippen molar-refractivity contribution in [3.8, 4) is 0 Å². The largest absolute Gasteiger partial charge is 0.456 e. The summed E-state index contributed by atoms with van der Waals surface area (Å²) < 4.78 is 11.4. The van der Waals surface area contributed by atoms with Gasteiger partial charge in [0.25, 0.3) is 0 Å². The molecule has 5 heteroatoms. The number of Topliss-reactive ketones (excluding diaryl/α,β-unsaturated/α-hetero) is 1. The van der Waals surface area contributed by atoms with Crippen molar-refractivity contribution in [1.82, 2.24) is 0 Å². The predicted octanol–water partition coefficient (Wildman–Crippen LogP) is 3.05. The molecule has 0 radical (unpaired) electrons. The third kappa shape index (κ3) is 3.36. The number of epoxide rings is 1. The monoisotopic (exact) mass is 364 g/mol. The summed E-state index contributed by atoms with van der Waals surface area (Å²) in [5, 5.41) is 11.1. The lowest BCUT2D eigenvalue weighted by Gasteiger charge is -2.56. The molecule has 0 spiro atoms. The minimum atomic E-state index is -0.807. The van der Waals surface area contributed by atoms with Crippen LogP contribution in [0.4, 0.5) is 0 Å². The van der Waals surface area contributed by atoms with Gasteiger partial charge >= 0.3 is 5.97 Å². The van der Waals surface area contributed by atoms with E-state index in [2.05, 4.69) is 13.8 Å². The summed E-state index contributed by atoms with van der Waals surface area (Å²) in [7, 11) is 0. The molecule has 146 valence electrons. The van der Waals surface area contributed by atoms with Gasteiger partial charge in [-0.2, -0.15) is 0 Å². The van der Waals surface area contributed by atoms with Crippen LogP contribution in [-0.2, 0) is 19.1 Å². The molecule has 3 fully saturated rings. The Kier molecular flexibility index (Phi) is 5.08. The SMILES string of the molecule is CC/C(C)=C/C(=O)O[C@@H]1[C@H](O)[C@@H](C2(C)CO2)C[C@@]2(C)[C@@H]1CC(=O)C[C@@H]2C. The van der Waals surface area contributed by atoms with Crippen LogP contribution < -0.4 is 0 Å². The predicted molar refractivity (Wildman–Crippen MR) is 97.4 cm³/mol. The lowest BCUT2D eigenvalue weighted by Crippen LogP contribution is -2.60. The van der Waals surface area contributed by atoms with Crippen LogP contribution >= 0.6 is 0 Å². The van der Waals surface area contributed by atoms with Gasteiger partial charge < -0.3 is 14.6 Å². The topological polar surface area (TPSA) is 76.1 Å². The third-order valence-electron chi connectivity index (χ3n) is 7.32. The number of ketones is 1. The first kappa shape index (κ1) is 19.6. The van der Waals surface area contributed by atoms with Gasteiger partial charge in [0.1, 0.15) is 11.9 Å². The molecule has 3 aliphatic rings. The fourth-order valence-corrected chi connectivity index (χ4v) is 4.94. The van der Waals surface area contributed by atoms with Gasteiger partial charge in [-0.05, 0) is 38.0 Å². The van der Waals surface area contributed by atoms with Crippen molar-refractivity contribution in [2.24, 2.45) is 23.2 Å². The Morgan fingerprint density at radius 1 is 1.35 bits per heavy atom. The van der Waals surface area contributed by atoms with E-state index in [4.69, 9.17) is 9.47 Å². The fourth-order valence-electron chi connectivity index (χ4n) is 4.94. The Hall–Kier alpha value is -1.20. The van der Waals surface area contributed by atoms with E-state index in [-0.39, 0.29) is 34.6 Å². The standard InChI is InChI=1S/C21H32O5/c1-6-12(2)7-17(23)26-19-15-9-14(22)8-13(3)20(15,4)10-16(18(19)24)21(5)11-25-21/h7,13,15-16,18-19,24H,6,8-11H2,1-5H3/b12-7+/t13-,15+,16-,18+,19-,20+,21?/m0/s1. The Morgan fingerprint density at radius 3 is 2.58 bits per heavy atom. The maximum absolute atomic E-state index is 12.4. The lowest BCUT2D eigenvalue weighted by molar-refractivity contribution is -0.195. The summed E-state index contributed by atoms with van der Waals surface area (Å²) in [5.74, 6) is -0.273. The lowest BCUT2D eigenvalue weighted by atomic mass is 9.51. The van der Waals surface area contributed by atoms with Gasteiger partial charge in [0.2, 0.25) is 0 Å². The number of carbonyl (C=O) groups excluding carboxylic acids is 2. The quantitative estimate of drug-likeness (QED) is 0.471. The first-order chi connectivity index (χ1) is 12.1. The van der Waals surface area contributed by atoms with Crippen LogP contribution in [0.15, 0.2) is 11.6 Å². The van der Waals surface area contributed by atoms with E-state index in [9.17, 15) is 14.7 Å². The van der Waals surface area contributed by atoms with Gasteiger partial charge in [-0.25, -0.2) is 4.79 Å². The Labute approximate surface area is 156 Å². The molecule has 2 saturated carbocycles. The van der Waals surface area contributed by atoms with Crippen molar-refractivity contribution in [2.45, 2.75) is 78.1 Å². The van der Waals surface area contributed by atoms with Crippen molar-refractivity contribution in [2.75, 3.05) is 6.61 Å². The fraction of sp³-hybridized carbons (Fsp3) is 0.810. The summed E-state index contributed by atoms with van der Waals surface area (Å²) in [4.78, 5) is 24.7. The van der Waals surface area contributed by atoms with Crippen LogP contribution in [0.1, 0.15) is 60.3 Å². The number of rotatable bonds is 4. The second-order valence-corrected chi connectivity index (χ2v) is 9.11. The molecular formula is C21H32O5. The Morgan fingerprint density at radius 2 is 2.00 bits per heavy atom. The summed E-state index contributed by atoms with van der Waals surface area (Å²) >= 11 is 0. The van der Waals surface area contributed by atoms with Gasteiger partial charge in [0.15, 0.2) is 0 Å². The highest BCUT2D eigenvalue weighted by atomic mass is 16.6. The number of allylic oxidation sites excluding steroid dienone is 1. The van der Waals surface area contributed by atoms with E-state index in [0.717, 1.165) is 18.4 Å². The maximum atomic E-state index is 12.4. The molecule has 26 heavy (non-hydrogen) atoms. The molecular weight excluding hydrogens is 332 g/mol. The molecule has 0 aromatic rings. The summed E-state index contributed by atoms with van der Waals surface area (Å²) in [6.45, 7) is 10.8. The Balaban J connectivity index is 1.92. The van der Waals surface area contributed by atoms with Crippen molar-refractivity contribution in [1.29, 1.82) is 0 Å². The van der Waals surface area contributed by atoms with E-state index in [1.54, 1.807) is 0 Å². The average molecular weight is 364 g/mol. The molecule has 1 heterocycles. The minimum absolute atomic E-state index is 0.0894. The molecule has 0 aromatic heterocycles. The summed E-state index contributed by atoms with van der Waals surface area (Å²) in [5.41, 5.74) is 0.431. The smallest absolute Gasteiger partial charge is 0.331 e. The van der Waals surface area contributed by atoms with Crippen LogP contribution in [0.5, 0.6) is 0 Å². The number of fused-ring (bicyclic) bond motifs is 1. The van der Waals surface area contributed by atoms with Gasteiger partial charge in [-0.1, -0.05) is 26.3 Å². The number of aliphatic hydroxyl groups excluding tert-OH is 1. The van der Waals surface area contributed by atoms with E-state index >= 15 is 0 Å². The number of hydrogen-bond acceptors (Lipinski definition) is 5. The van der Waals surface area contributed by atoms with E-state index in [1.165, 1.54) is 6.08 Å². The van der Waals surface area contributed by atoms with Crippen LogP contribution in [0.2, 0.25) is 0 Å². The highest BCUT2D eigenvalue weighted by molar-refractivity contribution is 5.83. The molecule has 2 aliphatic carbocycles. The summed E-state index contributed by atoms with van der Waals surface area (Å²) in [6, 6.07) is 0. The van der Waals surface area contributed by atoms with Gasteiger partial charge in [-0.15, -0.1) is 0 Å². The van der Waals surface area contributed by atoms with Crippen LogP contribution in [0.3, 0.4) is 0 Å². The van der Waals surface area contributed by atoms with Crippen molar-refractivity contribution >= 4 is 11.8 Å². The number of carbonyl (C=O) groups is 2. The highest BCUT2D eigenvalue weighted by Gasteiger charge is 2.63. The zero-order valence-corrected chi connectivity index (χ0v) is 16.6. The molecule has 5 nitrogen and oxygen atoms in total. The van der Waals surface area contributed by atoms with Crippen molar-refractivity contribution in [3.63, 3.8) is 0 Å². The Bertz CT molecular complexity index is 620. The molecule has 3 rings (SSSR count). The maximum Gasteiger partial charge on any atom is 0.331 e. The zero-order chi connectivity index (χ0) is 19.3. The molecule has 1 saturated heterocycles. The van der Waals surface area contributed by atoms with Crippen LogP contribution in [0.25, 0.3) is 0 Å². The average Bonchev–Trinajstić information content (AvgIpc) is 3.31. The second-order valence-electron chi connectivity index (χ2n) is 9.11. The van der Waals surface area contributed by atoms with E-state index in [1.807, 2.05) is 20.8 Å². The molecule has 0 amide bonds. The second kappa shape index (κ2) is 6.75. The first-order valence-corrected chi connectivity index (χ1v) is 9.82. The molecule has 1 aliphatic heterocycles. The van der Waals surface area contributed by atoms with Crippen molar-refractivity contribution in [3.05, 3.63) is 11.6 Å².